The Hall–Kier alpha value is -10.9. The molecule has 15 heterocycles. The fourth-order valence-electron chi connectivity index (χ4n) is 13.0. The largest absolute Gasteiger partial charge is 0.396 e. The van der Waals surface area contributed by atoms with Crippen molar-refractivity contribution in [1.82, 2.24) is 78.0 Å². The summed E-state index contributed by atoms with van der Waals surface area (Å²) in [5.74, 6) is 2.63. The maximum absolute atomic E-state index is 14.5. The Bertz CT molecular complexity index is 4990. The number of anilines is 9. The number of aromatic nitrogens is 16. The average molecular weight is 1530 g/mol. The van der Waals surface area contributed by atoms with Crippen molar-refractivity contribution in [2.75, 3.05) is 84.6 Å². The molecule has 46 heteroatoms. The van der Waals surface area contributed by atoms with Gasteiger partial charge in [0.05, 0.1) is 121 Å². The van der Waals surface area contributed by atoms with Gasteiger partial charge >= 0.3 is 0 Å². The Balaban J connectivity index is 0.000000135. The average Bonchev–Trinajstić information content (AvgIpc) is 1.62. The highest BCUT2D eigenvalue weighted by Gasteiger charge is 2.60. The molecule has 10 aromatic heterocycles. The number of aryl methyl sites for hydroxylation is 1. The summed E-state index contributed by atoms with van der Waals surface area (Å²) in [5, 5.41) is 126. The number of aliphatic hydroxyl groups is 10. The van der Waals surface area contributed by atoms with Crippen LogP contribution in [0.2, 0.25) is 0 Å². The molecular weight excluding hydrogens is 1460 g/mol. The van der Waals surface area contributed by atoms with Crippen molar-refractivity contribution in [2.24, 2.45) is 0 Å². The maximum Gasteiger partial charge on any atom is 0.238 e. The number of nitrogen functional groups attached to an aromatic ring is 9. The van der Waals surface area contributed by atoms with Crippen LogP contribution in [-0.2, 0) is 23.7 Å². The molecular formula is C63H77F5N26O15. The molecule has 5 aliphatic rings. The summed E-state index contributed by atoms with van der Waals surface area (Å²) in [7, 11) is 0. The van der Waals surface area contributed by atoms with Crippen LogP contribution in [0.3, 0.4) is 0 Å². The molecule has 0 unspecified atom stereocenters. The van der Waals surface area contributed by atoms with Gasteiger partial charge < -0.3 is 126 Å². The number of ether oxygens (including phenoxy) is 5. The van der Waals surface area contributed by atoms with Gasteiger partial charge in [0.1, 0.15) is 107 Å². The van der Waals surface area contributed by atoms with Crippen LogP contribution in [0.15, 0.2) is 67.9 Å². The fourth-order valence-corrected chi connectivity index (χ4v) is 13.0. The number of alkyl halides is 5. The summed E-state index contributed by atoms with van der Waals surface area (Å²) in [6, 6.07) is 7.37. The Labute approximate surface area is 610 Å². The zero-order valence-electron chi connectivity index (χ0n) is 57.7. The van der Waals surface area contributed by atoms with Crippen molar-refractivity contribution in [1.29, 1.82) is 5.26 Å². The monoisotopic (exact) mass is 1530 g/mol. The van der Waals surface area contributed by atoms with Crippen LogP contribution in [0, 0.1) is 30.6 Å². The molecule has 5 aliphatic heterocycles. The van der Waals surface area contributed by atoms with E-state index in [1.807, 2.05) is 0 Å². The number of halogens is 5. The summed E-state index contributed by atoms with van der Waals surface area (Å²) in [6.07, 6.45) is -9.58. The molecule has 0 aliphatic carbocycles. The Morgan fingerprint density at radius 2 is 0.817 bits per heavy atom. The highest BCUT2D eigenvalue weighted by atomic mass is 19.2. The third kappa shape index (κ3) is 13.4. The second-order valence-electron chi connectivity index (χ2n) is 26.1. The number of nitrogens with two attached hydrogens (primary N) is 9. The molecule has 20 atom stereocenters. The van der Waals surface area contributed by atoms with Crippen LogP contribution in [0.1, 0.15) is 85.0 Å². The van der Waals surface area contributed by atoms with Gasteiger partial charge in [-0.25, -0.2) is 74.4 Å². The minimum absolute atomic E-state index is 0.0353. The second kappa shape index (κ2) is 29.9. The van der Waals surface area contributed by atoms with E-state index in [0.717, 1.165) is 0 Å². The van der Waals surface area contributed by atoms with E-state index >= 15 is 0 Å². The molecule has 0 saturated carbocycles. The quantitative estimate of drug-likeness (QED) is 0.0327. The second-order valence-corrected chi connectivity index (χ2v) is 26.1. The lowest BCUT2D eigenvalue weighted by atomic mass is 9.93. The lowest BCUT2D eigenvalue weighted by Crippen LogP contribution is -2.44. The third-order valence-corrected chi connectivity index (χ3v) is 19.2. The van der Waals surface area contributed by atoms with Crippen molar-refractivity contribution >= 4 is 80.2 Å². The van der Waals surface area contributed by atoms with Crippen molar-refractivity contribution in [2.45, 2.75) is 147 Å². The zero-order valence-corrected chi connectivity index (χ0v) is 57.7. The molecule has 5 saturated heterocycles. The van der Waals surface area contributed by atoms with Gasteiger partial charge in [-0.1, -0.05) is 18.9 Å². The number of terminal acetylenes is 1. The van der Waals surface area contributed by atoms with E-state index < -0.39 is 153 Å². The maximum atomic E-state index is 14.5. The Morgan fingerprint density at radius 1 is 0.477 bits per heavy atom. The number of hydrogen-bond acceptors (Lipinski definition) is 36. The minimum Gasteiger partial charge on any atom is -0.396 e. The molecule has 10 aromatic rings. The van der Waals surface area contributed by atoms with Crippen LogP contribution in [-0.4, -0.2) is 251 Å². The van der Waals surface area contributed by atoms with E-state index in [0.29, 0.717) is 39.7 Å². The van der Waals surface area contributed by atoms with Gasteiger partial charge in [-0.3, -0.25) is 0 Å². The van der Waals surface area contributed by atoms with Crippen molar-refractivity contribution in [3.63, 3.8) is 0 Å². The smallest absolute Gasteiger partial charge is 0.238 e. The minimum atomic E-state index is -2.03. The van der Waals surface area contributed by atoms with Gasteiger partial charge in [0.15, 0.2) is 64.7 Å². The molecule has 0 aromatic carbocycles. The lowest BCUT2D eigenvalue weighted by molar-refractivity contribution is -0.115. The van der Waals surface area contributed by atoms with Gasteiger partial charge in [-0.05, 0) is 20.3 Å². The lowest BCUT2D eigenvalue weighted by Gasteiger charge is -2.28. The Morgan fingerprint density at radius 3 is 1.13 bits per heavy atom. The molecule has 41 nitrogen and oxygen atoms in total. The molecule has 5 fully saturated rings. The summed E-state index contributed by atoms with van der Waals surface area (Å²) in [6.45, 7) is 5.11. The van der Waals surface area contributed by atoms with Gasteiger partial charge in [0, 0.05) is 24.3 Å². The molecule has 0 radical (unpaired) electrons. The number of hydrogen-bond donors (Lipinski definition) is 19. The first-order valence-electron chi connectivity index (χ1n) is 32.7. The number of aliphatic hydroxyl groups excluding tert-OH is 10. The number of imidazole rings is 5. The van der Waals surface area contributed by atoms with E-state index in [1.54, 1.807) is 19.9 Å². The highest BCUT2D eigenvalue weighted by molar-refractivity contribution is 5.70. The third-order valence-electron chi connectivity index (χ3n) is 19.2. The fraction of sp³-hybridized carbons (Fsp3) is 0.460. The van der Waals surface area contributed by atoms with Crippen molar-refractivity contribution in [3.8, 4) is 18.4 Å². The topological polar surface area (TPSA) is 670 Å². The van der Waals surface area contributed by atoms with Gasteiger partial charge in [0.2, 0.25) is 11.5 Å². The summed E-state index contributed by atoms with van der Waals surface area (Å²) < 4.78 is 106. The summed E-state index contributed by atoms with van der Waals surface area (Å²) in [4.78, 5) is 24.3. The van der Waals surface area contributed by atoms with E-state index in [9.17, 15) is 73.0 Å². The first-order chi connectivity index (χ1) is 51.6. The molecule has 109 heavy (non-hydrogen) atoms. The number of nitriles is 1. The molecule has 15 rings (SSSR count). The highest BCUT2D eigenvalue weighted by Crippen LogP contribution is 2.48. The van der Waals surface area contributed by atoms with Gasteiger partial charge in [0.25, 0.3) is 0 Å². The number of nitrogens with zero attached hydrogens (tertiary/aromatic N) is 17. The SMILES string of the molecule is C#C[C@]1(CO)O[C@@H](c2cnc3c(N)cc(N)nn23)[C@H](F)[C@@H]1O.C=C[C@]1(CO)O[C@@H](c2cnc3c(N)cc(N)nn23)[C@H](F)[C@@H]1O.CC[C@]1(CO)O[C@@H](c2cnc3c(N)cc(N)nn23)[C@H](F)[C@@H]1O.C[C@]1(CO)O[C@@H](c2cnc3c(N)cc(N)nn23)[C@H](F)[C@@H]1O.Cc1nc(N)nn2c([C@@H]3O[C@](C#N)(CO)[C@@H](O)[C@H]3F)cnc12. The predicted molar refractivity (Wildman–Crippen MR) is 371 cm³/mol. The molecule has 0 spiro atoms. The first-order valence-corrected chi connectivity index (χ1v) is 32.7. The molecule has 584 valence electrons. The number of fused-ring (bicyclic) bond motifs is 5. The molecule has 0 bridgehead atoms. The standard InChI is InChI=1S/C13H18FN5O3.C13H16FN5O3.C13H14FN5O3.C12H13FN6O3.C12H16FN5O3/c3*1-2-13(5-20)11(21)9(14)10(22-13)7-4-17-12-6(15)3-8(16)18-19(7)12;1-5-10-16-2-6(19(10)18-11(15)17-5)8-7(13)9(21)12(3-14,4-20)22-8;1-12(4-19)10(20)8(13)9(21-12)6-3-16-11-5(14)2-7(15)17-18(6)11/h3-4,9-11,20-21H,2,5,15H2,1H3,(H2,16,18);2-4,9-11,20-21H,1,5,15H2,(H2,16,18);1,3-4,9-11,20-21H,5,15H2,(H2,16,18);2,7-9,20-21H,4H2,1H3,(H2,15,18);2-3,8-10,19-20H,4,14H2,1H3,(H2,15,17)/t3*9-,10-,11-,13+;7-,8-,9-,12+;8-,9-,10-,12+/m00000/s1. The van der Waals surface area contributed by atoms with Crippen molar-refractivity contribution < 1.29 is 96.7 Å². The summed E-state index contributed by atoms with van der Waals surface area (Å²) >= 11 is 0. The van der Waals surface area contributed by atoms with E-state index in [4.69, 9.17) is 87.0 Å². The Kier molecular flexibility index (Phi) is 21.7. The van der Waals surface area contributed by atoms with E-state index in [-0.39, 0.29) is 81.1 Å². The van der Waals surface area contributed by atoms with Crippen LogP contribution < -0.4 is 51.6 Å². The normalized spacial score (nSPS) is 31.9. The first kappa shape index (κ1) is 79.1. The van der Waals surface area contributed by atoms with Gasteiger partial charge in [-0.15, -0.1) is 38.5 Å². The summed E-state index contributed by atoms with van der Waals surface area (Å²) in [5.41, 5.74) is 47.5. The van der Waals surface area contributed by atoms with Crippen LogP contribution in [0.5, 0.6) is 0 Å². The predicted octanol–water partition coefficient (Wildman–Crippen LogP) is -3.13. The van der Waals surface area contributed by atoms with E-state index in [2.05, 4.69) is 67.9 Å². The number of rotatable bonds is 12. The van der Waals surface area contributed by atoms with Crippen LogP contribution >= 0.6 is 0 Å². The zero-order chi connectivity index (χ0) is 79.6. The van der Waals surface area contributed by atoms with Crippen molar-refractivity contribution in [3.05, 3.63) is 102 Å². The van der Waals surface area contributed by atoms with Crippen LogP contribution in [0.25, 0.3) is 28.2 Å². The molecule has 0 amide bonds. The molecule has 28 N–H and O–H groups in total. The van der Waals surface area contributed by atoms with E-state index in [1.165, 1.54) is 90.8 Å². The van der Waals surface area contributed by atoms with Gasteiger partial charge in [-0.2, -0.15) is 5.26 Å². The van der Waals surface area contributed by atoms with Crippen LogP contribution in [0.4, 0.5) is 73.9 Å².